The number of aromatic amines is 1. The predicted molar refractivity (Wildman–Crippen MR) is 115 cm³/mol. The van der Waals surface area contributed by atoms with Crippen LogP contribution in [0.3, 0.4) is 0 Å². The molecule has 4 heterocycles. The van der Waals surface area contributed by atoms with Crippen molar-refractivity contribution in [1.29, 1.82) is 0 Å². The zero-order valence-electron chi connectivity index (χ0n) is 17.2. The molecule has 0 bridgehead atoms. The molecular weight excluding hydrogens is 376 g/mol. The summed E-state index contributed by atoms with van der Waals surface area (Å²) in [6.45, 7) is 3.44. The molecule has 0 radical (unpaired) electrons. The largest absolute Gasteiger partial charge is 0.337 e. The fraction of sp³-hybridized carbons (Fsp3) is 0.304. The molecule has 4 aromatic rings. The van der Waals surface area contributed by atoms with Gasteiger partial charge in [-0.05, 0) is 38.0 Å². The van der Waals surface area contributed by atoms with Crippen LogP contribution in [0.15, 0.2) is 48.9 Å². The number of benzene rings is 1. The molecule has 0 spiro atoms. The molecule has 0 aliphatic carbocycles. The van der Waals surface area contributed by atoms with Crippen LogP contribution in [-0.4, -0.2) is 48.9 Å². The quantitative estimate of drug-likeness (QED) is 0.569. The molecule has 30 heavy (non-hydrogen) atoms. The Kier molecular flexibility index (Phi) is 4.58. The highest BCUT2D eigenvalue weighted by Gasteiger charge is 2.28. The molecule has 1 fully saturated rings. The van der Waals surface area contributed by atoms with Crippen molar-refractivity contribution >= 4 is 16.8 Å². The van der Waals surface area contributed by atoms with E-state index in [1.807, 2.05) is 55.7 Å². The molecule has 1 aromatic carbocycles. The number of carbonyl (C=O) groups excluding carboxylic acids is 1. The Morgan fingerprint density at radius 1 is 1.17 bits per heavy atom. The molecule has 1 aliphatic heterocycles. The van der Waals surface area contributed by atoms with Crippen LogP contribution in [0.25, 0.3) is 22.0 Å². The van der Waals surface area contributed by atoms with Gasteiger partial charge in [-0.1, -0.05) is 17.7 Å². The smallest absolute Gasteiger partial charge is 0.275 e. The van der Waals surface area contributed by atoms with Crippen molar-refractivity contribution in [2.45, 2.75) is 25.7 Å². The molecule has 5 rings (SSSR count). The van der Waals surface area contributed by atoms with Crippen LogP contribution >= 0.6 is 0 Å². The van der Waals surface area contributed by atoms with Crippen LogP contribution < -0.4 is 0 Å². The maximum Gasteiger partial charge on any atom is 0.275 e. The normalized spacial score (nSPS) is 16.9. The zero-order chi connectivity index (χ0) is 20.7. The first-order chi connectivity index (χ1) is 14.6. The van der Waals surface area contributed by atoms with E-state index in [-0.39, 0.29) is 11.8 Å². The lowest BCUT2D eigenvalue weighted by molar-refractivity contribution is 0.0702. The number of rotatable bonds is 3. The van der Waals surface area contributed by atoms with Gasteiger partial charge in [-0.15, -0.1) is 0 Å². The number of amides is 1. The van der Waals surface area contributed by atoms with Gasteiger partial charge in [0.15, 0.2) is 5.69 Å². The van der Waals surface area contributed by atoms with E-state index >= 15 is 0 Å². The Balaban J connectivity index is 1.35. The summed E-state index contributed by atoms with van der Waals surface area (Å²) >= 11 is 0. The standard InChI is InChI=1S/C23H24N6O/c1-15-5-7-21-19(10-15)22(27-26-21)23(30)29-9-3-4-17(14-29)20-8-6-16(11-24-20)18-12-25-28(2)13-18/h5-8,10-13,17H,3-4,9,14H2,1-2H3,(H,26,27). The van der Waals surface area contributed by atoms with Gasteiger partial charge in [0, 0.05) is 60.7 Å². The Labute approximate surface area is 174 Å². The highest BCUT2D eigenvalue weighted by molar-refractivity contribution is 6.04. The minimum absolute atomic E-state index is 0.0106. The van der Waals surface area contributed by atoms with Crippen molar-refractivity contribution in [3.05, 3.63) is 65.9 Å². The molecule has 1 N–H and O–H groups in total. The molecule has 1 unspecified atom stereocenters. The third-order valence-corrected chi connectivity index (χ3v) is 5.87. The molecule has 0 saturated carbocycles. The summed E-state index contributed by atoms with van der Waals surface area (Å²) in [5.41, 5.74) is 5.65. The van der Waals surface area contributed by atoms with Crippen LogP contribution in [-0.2, 0) is 7.05 Å². The number of H-pyrrole nitrogens is 1. The van der Waals surface area contributed by atoms with Gasteiger partial charge >= 0.3 is 0 Å². The second-order valence-electron chi connectivity index (χ2n) is 8.09. The van der Waals surface area contributed by atoms with E-state index in [2.05, 4.69) is 27.4 Å². The average molecular weight is 400 g/mol. The van der Waals surface area contributed by atoms with Gasteiger partial charge in [0.05, 0.1) is 11.7 Å². The van der Waals surface area contributed by atoms with E-state index in [0.717, 1.165) is 52.7 Å². The first-order valence-corrected chi connectivity index (χ1v) is 10.3. The summed E-state index contributed by atoms with van der Waals surface area (Å²) in [5.74, 6) is 0.223. The van der Waals surface area contributed by atoms with E-state index in [1.54, 1.807) is 4.68 Å². The summed E-state index contributed by atoms with van der Waals surface area (Å²) in [6, 6.07) is 10.2. The zero-order valence-corrected chi connectivity index (χ0v) is 17.2. The van der Waals surface area contributed by atoms with E-state index in [4.69, 9.17) is 4.98 Å². The van der Waals surface area contributed by atoms with Crippen LogP contribution in [0.2, 0.25) is 0 Å². The van der Waals surface area contributed by atoms with Crippen molar-refractivity contribution in [2.75, 3.05) is 13.1 Å². The first-order valence-electron chi connectivity index (χ1n) is 10.3. The minimum Gasteiger partial charge on any atom is -0.337 e. The molecule has 1 atom stereocenters. The van der Waals surface area contributed by atoms with Crippen molar-refractivity contribution < 1.29 is 4.79 Å². The number of aryl methyl sites for hydroxylation is 2. The van der Waals surface area contributed by atoms with Gasteiger partial charge in [-0.3, -0.25) is 19.6 Å². The van der Waals surface area contributed by atoms with E-state index in [9.17, 15) is 4.79 Å². The van der Waals surface area contributed by atoms with E-state index < -0.39 is 0 Å². The fourth-order valence-electron chi connectivity index (χ4n) is 4.23. The van der Waals surface area contributed by atoms with Crippen molar-refractivity contribution in [1.82, 2.24) is 29.9 Å². The predicted octanol–water partition coefficient (Wildman–Crippen LogP) is 3.69. The molecule has 1 saturated heterocycles. The SMILES string of the molecule is Cc1ccc2[nH]nc(C(=O)N3CCCC(c4ccc(-c5cnn(C)c5)cn4)C3)c2c1. The first kappa shape index (κ1) is 18.5. The van der Waals surface area contributed by atoms with Gasteiger partial charge in [-0.2, -0.15) is 10.2 Å². The summed E-state index contributed by atoms with van der Waals surface area (Å²) in [6.07, 6.45) is 7.71. The third-order valence-electron chi connectivity index (χ3n) is 5.87. The number of fused-ring (bicyclic) bond motifs is 1. The summed E-state index contributed by atoms with van der Waals surface area (Å²) in [4.78, 5) is 19.8. The number of aromatic nitrogens is 5. The maximum atomic E-state index is 13.2. The van der Waals surface area contributed by atoms with Gasteiger partial charge in [0.25, 0.3) is 5.91 Å². The number of hydrogen-bond acceptors (Lipinski definition) is 4. The molecule has 152 valence electrons. The van der Waals surface area contributed by atoms with Crippen molar-refractivity contribution in [2.24, 2.45) is 7.05 Å². The van der Waals surface area contributed by atoms with E-state index in [1.165, 1.54) is 0 Å². The van der Waals surface area contributed by atoms with Crippen molar-refractivity contribution in [3.8, 4) is 11.1 Å². The van der Waals surface area contributed by atoms with Gasteiger partial charge in [0.2, 0.25) is 0 Å². The lowest BCUT2D eigenvalue weighted by Gasteiger charge is -2.32. The Morgan fingerprint density at radius 2 is 2.07 bits per heavy atom. The summed E-state index contributed by atoms with van der Waals surface area (Å²) in [7, 11) is 1.91. The number of pyridine rings is 1. The lowest BCUT2D eigenvalue weighted by atomic mass is 9.93. The van der Waals surface area contributed by atoms with Crippen LogP contribution in [0, 0.1) is 6.92 Å². The Morgan fingerprint density at radius 3 is 2.83 bits per heavy atom. The number of carbonyl (C=O) groups is 1. The second kappa shape index (κ2) is 7.40. The molecule has 7 heteroatoms. The lowest BCUT2D eigenvalue weighted by Crippen LogP contribution is -2.39. The minimum atomic E-state index is -0.0106. The number of nitrogens with one attached hydrogen (secondary N) is 1. The molecule has 1 amide bonds. The van der Waals surface area contributed by atoms with Crippen LogP contribution in [0.5, 0.6) is 0 Å². The topological polar surface area (TPSA) is 79.7 Å². The van der Waals surface area contributed by atoms with Gasteiger partial charge in [-0.25, -0.2) is 0 Å². The highest BCUT2D eigenvalue weighted by atomic mass is 16.2. The summed E-state index contributed by atoms with van der Waals surface area (Å²) < 4.78 is 1.79. The average Bonchev–Trinajstić information content (AvgIpc) is 3.39. The monoisotopic (exact) mass is 400 g/mol. The number of piperidine rings is 1. The van der Waals surface area contributed by atoms with Gasteiger partial charge in [0.1, 0.15) is 0 Å². The van der Waals surface area contributed by atoms with E-state index in [0.29, 0.717) is 12.2 Å². The molecule has 3 aromatic heterocycles. The fourth-order valence-corrected chi connectivity index (χ4v) is 4.23. The highest BCUT2D eigenvalue weighted by Crippen LogP contribution is 2.29. The number of likely N-dealkylation sites (tertiary alicyclic amines) is 1. The van der Waals surface area contributed by atoms with Crippen molar-refractivity contribution in [3.63, 3.8) is 0 Å². The van der Waals surface area contributed by atoms with Crippen LogP contribution in [0.1, 0.15) is 40.5 Å². The Bertz CT molecular complexity index is 1210. The number of hydrogen-bond donors (Lipinski definition) is 1. The molecular formula is C23H24N6O. The summed E-state index contributed by atoms with van der Waals surface area (Å²) in [5, 5.41) is 12.4. The maximum absolute atomic E-state index is 13.2. The van der Waals surface area contributed by atoms with Gasteiger partial charge < -0.3 is 4.90 Å². The number of nitrogens with zero attached hydrogens (tertiary/aromatic N) is 5. The molecule has 1 aliphatic rings. The second-order valence-corrected chi connectivity index (χ2v) is 8.09. The third kappa shape index (κ3) is 3.36. The van der Waals surface area contributed by atoms with Crippen LogP contribution in [0.4, 0.5) is 0 Å². The Hall–Kier alpha value is -3.48. The molecule has 7 nitrogen and oxygen atoms in total.